The minimum absolute atomic E-state index is 0.581. The Morgan fingerprint density at radius 1 is 1.53 bits per heavy atom. The number of H-pyrrole nitrogens is 1. The molecule has 2 aromatic heterocycles. The molecule has 4 nitrogen and oxygen atoms in total. The van der Waals surface area contributed by atoms with Crippen LogP contribution in [0.5, 0.6) is 0 Å². The van der Waals surface area contributed by atoms with Crippen molar-refractivity contribution in [1.29, 1.82) is 0 Å². The number of aromatic nitrogens is 3. The number of fused-ring (bicyclic) bond motifs is 1. The highest BCUT2D eigenvalue weighted by Gasteiger charge is 2.23. The first-order valence-electron chi connectivity index (χ1n) is 6.40. The Labute approximate surface area is 101 Å². The van der Waals surface area contributed by atoms with Gasteiger partial charge in [-0.05, 0) is 38.1 Å². The highest BCUT2D eigenvalue weighted by molar-refractivity contribution is 5.77. The summed E-state index contributed by atoms with van der Waals surface area (Å²) in [5, 5.41) is 8.67. The molecule has 0 radical (unpaired) electrons. The van der Waals surface area contributed by atoms with Crippen LogP contribution in [-0.4, -0.2) is 39.7 Å². The zero-order valence-corrected chi connectivity index (χ0v) is 10.2. The molecule has 1 N–H and O–H groups in total. The fraction of sp³-hybridized carbons (Fsp3) is 0.538. The topological polar surface area (TPSA) is 44.8 Å². The average Bonchev–Trinajstić information content (AvgIpc) is 2.82. The summed E-state index contributed by atoms with van der Waals surface area (Å²) in [6, 6.07) is 4.10. The molecule has 0 spiro atoms. The van der Waals surface area contributed by atoms with Crippen LogP contribution in [0.4, 0.5) is 0 Å². The highest BCUT2D eigenvalue weighted by Crippen LogP contribution is 2.29. The number of likely N-dealkylation sites (N-methyl/N-ethyl adjacent to an activating group) is 1. The van der Waals surface area contributed by atoms with Gasteiger partial charge in [0.05, 0.1) is 0 Å². The first-order chi connectivity index (χ1) is 8.38. The molecule has 1 saturated heterocycles. The van der Waals surface area contributed by atoms with Crippen LogP contribution in [0, 0.1) is 0 Å². The molecule has 1 aliphatic heterocycles. The molecule has 0 aliphatic carbocycles. The lowest BCUT2D eigenvalue weighted by molar-refractivity contribution is 0.216. The van der Waals surface area contributed by atoms with E-state index < -0.39 is 0 Å². The number of rotatable bonds is 2. The molecule has 1 aliphatic rings. The number of pyridine rings is 1. The van der Waals surface area contributed by atoms with Gasteiger partial charge in [-0.15, -0.1) is 0 Å². The van der Waals surface area contributed by atoms with E-state index in [1.165, 1.54) is 30.5 Å². The molecular weight excluding hydrogens is 212 g/mol. The largest absolute Gasteiger partial charge is 0.303 e. The Bertz CT molecular complexity index is 505. The van der Waals surface area contributed by atoms with Crippen LogP contribution in [0.2, 0.25) is 0 Å². The van der Waals surface area contributed by atoms with Crippen molar-refractivity contribution in [2.75, 3.05) is 19.6 Å². The van der Waals surface area contributed by atoms with Crippen molar-refractivity contribution >= 4 is 11.0 Å². The zero-order valence-electron chi connectivity index (χ0n) is 10.2. The summed E-state index contributed by atoms with van der Waals surface area (Å²) in [5.41, 5.74) is 2.11. The van der Waals surface area contributed by atoms with E-state index in [-0.39, 0.29) is 0 Å². The maximum absolute atomic E-state index is 4.29. The molecule has 1 fully saturated rings. The van der Waals surface area contributed by atoms with Crippen molar-refractivity contribution in [2.45, 2.75) is 25.7 Å². The van der Waals surface area contributed by atoms with Gasteiger partial charge in [-0.25, -0.2) is 4.98 Å². The molecule has 90 valence electrons. The number of likely N-dealkylation sites (tertiary alicyclic amines) is 1. The molecular formula is C13H18N4. The van der Waals surface area contributed by atoms with E-state index in [4.69, 9.17) is 0 Å². The summed E-state index contributed by atoms with van der Waals surface area (Å²) < 4.78 is 0. The van der Waals surface area contributed by atoms with E-state index in [0.717, 1.165) is 18.7 Å². The standard InChI is InChI=1S/C13H18N4/c1-2-17-8-4-5-10(9-17)12-11-6-3-7-14-13(11)16-15-12/h3,6-7,10H,2,4-5,8-9H2,1H3,(H,14,15,16)/t10-/m0/s1. The van der Waals surface area contributed by atoms with Crippen LogP contribution in [0.25, 0.3) is 11.0 Å². The second kappa shape index (κ2) is 4.45. The van der Waals surface area contributed by atoms with Crippen LogP contribution in [-0.2, 0) is 0 Å². The first-order valence-corrected chi connectivity index (χ1v) is 6.40. The third-order valence-electron chi connectivity index (χ3n) is 3.72. The molecule has 0 saturated carbocycles. The van der Waals surface area contributed by atoms with Crippen molar-refractivity contribution in [1.82, 2.24) is 20.1 Å². The normalized spacial score (nSPS) is 22.1. The van der Waals surface area contributed by atoms with Gasteiger partial charge in [0.15, 0.2) is 5.65 Å². The lowest BCUT2D eigenvalue weighted by Crippen LogP contribution is -2.34. The van der Waals surface area contributed by atoms with Gasteiger partial charge in [-0.2, -0.15) is 5.10 Å². The number of hydrogen-bond acceptors (Lipinski definition) is 3. The predicted octanol–water partition coefficient (Wildman–Crippen LogP) is 2.16. The number of nitrogens with zero attached hydrogens (tertiary/aromatic N) is 3. The quantitative estimate of drug-likeness (QED) is 0.859. The van der Waals surface area contributed by atoms with E-state index >= 15 is 0 Å². The van der Waals surface area contributed by atoms with Crippen LogP contribution < -0.4 is 0 Å². The summed E-state index contributed by atoms with van der Waals surface area (Å²) in [5.74, 6) is 0.581. The van der Waals surface area contributed by atoms with E-state index in [0.29, 0.717) is 5.92 Å². The van der Waals surface area contributed by atoms with Crippen molar-refractivity contribution in [3.63, 3.8) is 0 Å². The summed E-state index contributed by atoms with van der Waals surface area (Å²) >= 11 is 0. The Kier molecular flexibility index (Phi) is 2.81. The van der Waals surface area contributed by atoms with Crippen molar-refractivity contribution < 1.29 is 0 Å². The number of aromatic amines is 1. The second-order valence-corrected chi connectivity index (χ2v) is 4.74. The number of hydrogen-bond donors (Lipinski definition) is 1. The highest BCUT2D eigenvalue weighted by atomic mass is 15.2. The van der Waals surface area contributed by atoms with Gasteiger partial charge in [0.1, 0.15) is 0 Å². The molecule has 3 rings (SSSR count). The minimum Gasteiger partial charge on any atom is -0.303 e. The fourth-order valence-electron chi connectivity index (χ4n) is 2.76. The Hall–Kier alpha value is -1.42. The van der Waals surface area contributed by atoms with Gasteiger partial charge in [-0.1, -0.05) is 6.92 Å². The molecule has 0 unspecified atom stereocenters. The summed E-state index contributed by atoms with van der Waals surface area (Å²) in [7, 11) is 0. The van der Waals surface area contributed by atoms with Crippen LogP contribution in [0.1, 0.15) is 31.4 Å². The maximum Gasteiger partial charge on any atom is 0.181 e. The van der Waals surface area contributed by atoms with Gasteiger partial charge in [0, 0.05) is 29.7 Å². The maximum atomic E-state index is 4.29. The van der Waals surface area contributed by atoms with Crippen molar-refractivity contribution in [3.05, 3.63) is 24.0 Å². The predicted molar refractivity (Wildman–Crippen MR) is 68.0 cm³/mol. The van der Waals surface area contributed by atoms with Crippen LogP contribution >= 0.6 is 0 Å². The van der Waals surface area contributed by atoms with E-state index in [1.807, 2.05) is 6.07 Å². The van der Waals surface area contributed by atoms with E-state index in [2.05, 4.69) is 33.1 Å². The summed E-state index contributed by atoms with van der Waals surface area (Å²) in [6.45, 7) is 5.75. The van der Waals surface area contributed by atoms with E-state index in [1.54, 1.807) is 6.20 Å². The molecule has 2 aromatic rings. The smallest absolute Gasteiger partial charge is 0.181 e. The van der Waals surface area contributed by atoms with Crippen molar-refractivity contribution in [3.8, 4) is 0 Å². The fourth-order valence-corrected chi connectivity index (χ4v) is 2.76. The molecule has 17 heavy (non-hydrogen) atoms. The van der Waals surface area contributed by atoms with E-state index in [9.17, 15) is 0 Å². The SMILES string of the molecule is CCN1CCC[C@H](c2[nH]nc3ncccc23)C1. The van der Waals surface area contributed by atoms with Gasteiger partial charge in [0.2, 0.25) is 0 Å². The Morgan fingerprint density at radius 3 is 3.35 bits per heavy atom. The minimum atomic E-state index is 0.581. The number of nitrogens with one attached hydrogen (secondary N) is 1. The monoisotopic (exact) mass is 230 g/mol. The molecule has 0 amide bonds. The molecule has 1 atom stereocenters. The first kappa shape index (κ1) is 10.7. The van der Waals surface area contributed by atoms with Gasteiger partial charge < -0.3 is 4.90 Å². The lowest BCUT2D eigenvalue weighted by atomic mass is 9.93. The second-order valence-electron chi connectivity index (χ2n) is 4.74. The van der Waals surface area contributed by atoms with Crippen LogP contribution in [0.15, 0.2) is 18.3 Å². The molecule has 3 heterocycles. The van der Waals surface area contributed by atoms with Gasteiger partial charge >= 0.3 is 0 Å². The average molecular weight is 230 g/mol. The third kappa shape index (κ3) is 1.93. The Morgan fingerprint density at radius 2 is 2.47 bits per heavy atom. The van der Waals surface area contributed by atoms with Gasteiger partial charge in [-0.3, -0.25) is 5.10 Å². The molecule has 0 aromatic carbocycles. The van der Waals surface area contributed by atoms with Crippen molar-refractivity contribution in [2.24, 2.45) is 0 Å². The zero-order chi connectivity index (χ0) is 11.7. The summed E-state index contributed by atoms with van der Waals surface area (Å²) in [4.78, 5) is 6.79. The number of piperidine rings is 1. The van der Waals surface area contributed by atoms with Crippen LogP contribution in [0.3, 0.4) is 0 Å². The lowest BCUT2D eigenvalue weighted by Gasteiger charge is -2.31. The summed E-state index contributed by atoms with van der Waals surface area (Å²) in [6.07, 6.45) is 4.33. The third-order valence-corrected chi connectivity index (χ3v) is 3.72. The molecule has 0 bridgehead atoms. The van der Waals surface area contributed by atoms with Gasteiger partial charge in [0.25, 0.3) is 0 Å². The Balaban J connectivity index is 1.92. The molecule has 4 heteroatoms.